The van der Waals surface area contributed by atoms with Gasteiger partial charge in [0.15, 0.2) is 5.69 Å². The largest absolute Gasteiger partial charge is 0.335 e. The quantitative estimate of drug-likeness (QED) is 0.839. The number of rotatable bonds is 6. The lowest BCUT2D eigenvalue weighted by Gasteiger charge is -2.32. The van der Waals surface area contributed by atoms with Gasteiger partial charge in [0.2, 0.25) is 0 Å². The van der Waals surface area contributed by atoms with Crippen molar-refractivity contribution >= 4 is 5.91 Å². The number of amides is 1. The Balaban J connectivity index is 1.80. The van der Waals surface area contributed by atoms with Crippen LogP contribution < -0.4 is 5.32 Å². The number of fused-ring (bicyclic) bond motifs is 1. The van der Waals surface area contributed by atoms with E-state index in [-0.39, 0.29) is 5.91 Å². The molecule has 3 rings (SSSR count). The van der Waals surface area contributed by atoms with Gasteiger partial charge >= 0.3 is 0 Å². The van der Waals surface area contributed by atoms with E-state index in [4.69, 9.17) is 5.10 Å². The van der Waals surface area contributed by atoms with Crippen LogP contribution in [0.1, 0.15) is 55.4 Å². The molecule has 1 saturated heterocycles. The number of carbonyl (C=O) groups is 1. The summed E-state index contributed by atoms with van der Waals surface area (Å²) in [5, 5.41) is 8.48. The average Bonchev–Trinajstić information content (AvgIpc) is 2.98. The molecule has 1 aliphatic heterocycles. The molecule has 146 valence electrons. The summed E-state index contributed by atoms with van der Waals surface area (Å²) in [6.45, 7) is 12.1. The van der Waals surface area contributed by atoms with Crippen molar-refractivity contribution in [1.29, 1.82) is 0 Å². The Morgan fingerprint density at radius 2 is 2.00 bits per heavy atom. The maximum Gasteiger partial charge on any atom is 0.274 e. The maximum absolute atomic E-state index is 13.2. The fraction of sp³-hybridized carbons (Fsp3) is 0.800. The Kier molecular flexibility index (Phi) is 6.35. The van der Waals surface area contributed by atoms with Crippen LogP contribution in [0.15, 0.2) is 0 Å². The molecule has 2 aliphatic rings. The van der Waals surface area contributed by atoms with Crippen LogP contribution in [0.2, 0.25) is 0 Å². The Morgan fingerprint density at radius 1 is 1.27 bits per heavy atom. The van der Waals surface area contributed by atoms with Crippen molar-refractivity contribution in [3.05, 3.63) is 17.0 Å². The second kappa shape index (κ2) is 8.53. The molecular weight excluding hydrogens is 326 g/mol. The van der Waals surface area contributed by atoms with Crippen molar-refractivity contribution in [3.63, 3.8) is 0 Å². The fourth-order valence-electron chi connectivity index (χ4n) is 3.99. The van der Waals surface area contributed by atoms with Crippen molar-refractivity contribution in [1.82, 2.24) is 24.9 Å². The van der Waals surface area contributed by atoms with Crippen LogP contribution in [0.4, 0.5) is 0 Å². The standard InChI is InChI=1S/C20H35N5O/c1-5-8-25-18-7-6-16(21-14-15(2)3)13-17(18)19(22-25)20(26)24-11-9-23(4)10-12-24/h15-16,21H,5-14H2,1-4H3/t16-/m1/s1. The molecule has 1 amide bonds. The first-order valence-corrected chi connectivity index (χ1v) is 10.3. The SMILES string of the molecule is CCCn1nc(C(=O)N2CCN(C)CC2)c2c1CC[C@@H](NCC(C)C)C2. The number of piperazine rings is 1. The summed E-state index contributed by atoms with van der Waals surface area (Å²) in [6.07, 6.45) is 4.14. The molecule has 1 aromatic heterocycles. The lowest BCUT2D eigenvalue weighted by atomic mass is 9.90. The van der Waals surface area contributed by atoms with E-state index in [1.165, 1.54) is 11.3 Å². The molecule has 1 N–H and O–H groups in total. The molecule has 1 atom stereocenters. The highest BCUT2D eigenvalue weighted by Gasteiger charge is 2.31. The molecule has 1 fully saturated rings. The van der Waals surface area contributed by atoms with Crippen molar-refractivity contribution in [2.75, 3.05) is 39.8 Å². The van der Waals surface area contributed by atoms with E-state index in [0.29, 0.717) is 17.7 Å². The molecule has 0 saturated carbocycles. The van der Waals surface area contributed by atoms with Crippen LogP contribution in [0, 0.1) is 5.92 Å². The Morgan fingerprint density at radius 3 is 2.65 bits per heavy atom. The highest BCUT2D eigenvalue weighted by Crippen LogP contribution is 2.26. The third-order valence-corrected chi connectivity index (χ3v) is 5.59. The lowest BCUT2D eigenvalue weighted by molar-refractivity contribution is 0.0656. The molecule has 1 aromatic rings. The van der Waals surface area contributed by atoms with Gasteiger partial charge in [0.25, 0.3) is 5.91 Å². The first kappa shape index (κ1) is 19.4. The van der Waals surface area contributed by atoms with Gasteiger partial charge in [-0.2, -0.15) is 5.10 Å². The highest BCUT2D eigenvalue weighted by molar-refractivity contribution is 5.94. The van der Waals surface area contributed by atoms with Crippen LogP contribution >= 0.6 is 0 Å². The smallest absolute Gasteiger partial charge is 0.274 e. The number of nitrogens with one attached hydrogen (secondary N) is 1. The minimum Gasteiger partial charge on any atom is -0.335 e. The van der Waals surface area contributed by atoms with E-state index in [2.05, 4.69) is 42.7 Å². The third-order valence-electron chi connectivity index (χ3n) is 5.59. The van der Waals surface area contributed by atoms with E-state index < -0.39 is 0 Å². The average molecular weight is 362 g/mol. The molecule has 26 heavy (non-hydrogen) atoms. The van der Waals surface area contributed by atoms with Crippen molar-refractivity contribution < 1.29 is 4.79 Å². The molecule has 0 spiro atoms. The van der Waals surface area contributed by atoms with Crippen LogP contribution in [0.5, 0.6) is 0 Å². The summed E-state index contributed by atoms with van der Waals surface area (Å²) in [5.74, 6) is 0.777. The third kappa shape index (κ3) is 4.29. The number of aromatic nitrogens is 2. The minimum atomic E-state index is 0.133. The number of aryl methyl sites for hydroxylation is 1. The first-order chi connectivity index (χ1) is 12.5. The van der Waals surface area contributed by atoms with Crippen LogP contribution in [0.25, 0.3) is 0 Å². The molecule has 0 bridgehead atoms. The van der Waals surface area contributed by atoms with Crippen LogP contribution in [-0.4, -0.2) is 71.3 Å². The Hall–Kier alpha value is -1.40. The van der Waals surface area contributed by atoms with E-state index >= 15 is 0 Å². The van der Waals surface area contributed by atoms with Gasteiger partial charge in [0.1, 0.15) is 0 Å². The van der Waals surface area contributed by atoms with E-state index in [1.54, 1.807) is 0 Å². The van der Waals surface area contributed by atoms with E-state index in [9.17, 15) is 4.79 Å². The van der Waals surface area contributed by atoms with Gasteiger partial charge in [-0.1, -0.05) is 20.8 Å². The molecule has 6 nitrogen and oxygen atoms in total. The summed E-state index contributed by atoms with van der Waals surface area (Å²) >= 11 is 0. The molecule has 6 heteroatoms. The predicted molar refractivity (Wildman–Crippen MR) is 105 cm³/mol. The maximum atomic E-state index is 13.2. The molecular formula is C20H35N5O. The van der Waals surface area contributed by atoms with Crippen molar-refractivity contribution in [3.8, 4) is 0 Å². The predicted octanol–water partition coefficient (Wildman–Crippen LogP) is 1.78. The summed E-state index contributed by atoms with van der Waals surface area (Å²) in [4.78, 5) is 17.4. The van der Waals surface area contributed by atoms with Crippen LogP contribution in [-0.2, 0) is 19.4 Å². The van der Waals surface area contributed by atoms with Gasteiger partial charge < -0.3 is 15.1 Å². The number of carbonyl (C=O) groups excluding carboxylic acids is 1. The fourth-order valence-corrected chi connectivity index (χ4v) is 3.99. The number of hydrogen-bond acceptors (Lipinski definition) is 4. The van der Waals surface area contributed by atoms with Gasteiger partial charge in [-0.3, -0.25) is 9.48 Å². The number of nitrogens with zero attached hydrogens (tertiary/aromatic N) is 4. The highest BCUT2D eigenvalue weighted by atomic mass is 16.2. The van der Waals surface area contributed by atoms with E-state index in [0.717, 1.165) is 65.0 Å². The van der Waals surface area contributed by atoms with Gasteiger partial charge in [-0.15, -0.1) is 0 Å². The second-order valence-corrected chi connectivity index (χ2v) is 8.33. The molecule has 0 radical (unpaired) electrons. The molecule has 1 aliphatic carbocycles. The molecule has 2 heterocycles. The molecule has 0 aromatic carbocycles. The zero-order valence-electron chi connectivity index (χ0n) is 16.9. The summed E-state index contributed by atoms with van der Waals surface area (Å²) < 4.78 is 2.11. The van der Waals surface area contributed by atoms with Gasteiger partial charge in [0.05, 0.1) is 0 Å². The minimum absolute atomic E-state index is 0.133. The van der Waals surface area contributed by atoms with E-state index in [1.807, 2.05) is 4.90 Å². The molecule has 0 unspecified atom stereocenters. The summed E-state index contributed by atoms with van der Waals surface area (Å²) in [5.41, 5.74) is 3.22. The van der Waals surface area contributed by atoms with Crippen molar-refractivity contribution in [2.45, 2.75) is 59.0 Å². The van der Waals surface area contributed by atoms with Gasteiger partial charge in [0, 0.05) is 50.0 Å². The Bertz CT molecular complexity index is 616. The van der Waals surface area contributed by atoms with Gasteiger partial charge in [-0.25, -0.2) is 0 Å². The zero-order chi connectivity index (χ0) is 18.7. The van der Waals surface area contributed by atoms with Crippen LogP contribution in [0.3, 0.4) is 0 Å². The normalized spacial score (nSPS) is 21.3. The lowest BCUT2D eigenvalue weighted by Crippen LogP contribution is -2.47. The first-order valence-electron chi connectivity index (χ1n) is 10.3. The zero-order valence-corrected chi connectivity index (χ0v) is 16.9. The Labute approximate surface area is 157 Å². The van der Waals surface area contributed by atoms with Gasteiger partial charge in [-0.05, 0) is 45.2 Å². The number of likely N-dealkylation sites (N-methyl/N-ethyl adjacent to an activating group) is 1. The monoisotopic (exact) mass is 361 g/mol. The second-order valence-electron chi connectivity index (χ2n) is 8.33. The van der Waals surface area contributed by atoms with Crippen molar-refractivity contribution in [2.24, 2.45) is 5.92 Å². The number of hydrogen-bond donors (Lipinski definition) is 1. The topological polar surface area (TPSA) is 53.4 Å². The summed E-state index contributed by atoms with van der Waals surface area (Å²) in [7, 11) is 2.12. The summed E-state index contributed by atoms with van der Waals surface area (Å²) in [6, 6.07) is 0.461.